The number of carbonyl (C=O) groups excluding carboxylic acids is 2. The second kappa shape index (κ2) is 6.07. The van der Waals surface area contributed by atoms with Crippen LogP contribution >= 0.6 is 0 Å². The summed E-state index contributed by atoms with van der Waals surface area (Å²) in [5.74, 6) is -0.308. The average Bonchev–Trinajstić information content (AvgIpc) is 3.27. The van der Waals surface area contributed by atoms with Crippen LogP contribution in [0.15, 0.2) is 24.3 Å². The molecule has 2 amide bonds. The van der Waals surface area contributed by atoms with Crippen LogP contribution in [0.25, 0.3) is 0 Å². The number of hydrogen-bond donors (Lipinski definition) is 2. The van der Waals surface area contributed by atoms with E-state index in [4.69, 9.17) is 0 Å². The minimum atomic E-state index is -0.837. The monoisotopic (exact) mass is 274 g/mol. The lowest BCUT2D eigenvalue weighted by Crippen LogP contribution is -2.40. The van der Waals surface area contributed by atoms with E-state index in [9.17, 15) is 9.59 Å². The molecule has 2 N–H and O–H groups in total. The van der Waals surface area contributed by atoms with Gasteiger partial charge in [-0.1, -0.05) is 32.0 Å². The summed E-state index contributed by atoms with van der Waals surface area (Å²) in [6.07, 6.45) is 3.01. The van der Waals surface area contributed by atoms with E-state index in [1.54, 1.807) is 0 Å². The Hall–Kier alpha value is -1.84. The molecule has 2 rings (SSSR count). The lowest BCUT2D eigenvalue weighted by Gasteiger charge is -2.16. The lowest BCUT2D eigenvalue weighted by molar-refractivity contribution is -0.134. The van der Waals surface area contributed by atoms with Gasteiger partial charge in [-0.25, -0.2) is 0 Å². The molecule has 1 aromatic carbocycles. The summed E-state index contributed by atoms with van der Waals surface area (Å²) in [7, 11) is 0. The molecule has 0 radical (unpaired) electrons. The molecule has 0 aliphatic heterocycles. The molecular weight excluding hydrogens is 252 g/mol. The first kappa shape index (κ1) is 14.6. The van der Waals surface area contributed by atoms with Crippen LogP contribution in [-0.2, 0) is 16.0 Å². The summed E-state index contributed by atoms with van der Waals surface area (Å²) in [6, 6.07) is 7.73. The molecule has 1 aliphatic rings. The van der Waals surface area contributed by atoms with Gasteiger partial charge in [0.05, 0.1) is 0 Å². The fraction of sp³-hybridized carbons (Fsp3) is 0.500. The number of anilines is 1. The van der Waals surface area contributed by atoms with Crippen molar-refractivity contribution >= 4 is 17.5 Å². The van der Waals surface area contributed by atoms with Crippen LogP contribution in [0.5, 0.6) is 0 Å². The molecule has 1 fully saturated rings. The van der Waals surface area contributed by atoms with Crippen molar-refractivity contribution in [1.82, 2.24) is 5.32 Å². The van der Waals surface area contributed by atoms with Gasteiger partial charge < -0.3 is 10.6 Å². The van der Waals surface area contributed by atoms with E-state index >= 15 is 0 Å². The Kier molecular flexibility index (Phi) is 4.42. The molecule has 0 saturated heterocycles. The van der Waals surface area contributed by atoms with Crippen LogP contribution in [0.2, 0.25) is 0 Å². The maximum Gasteiger partial charge on any atom is 0.240 e. The maximum atomic E-state index is 12.4. The number of hydrogen-bond acceptors (Lipinski definition) is 2. The van der Waals surface area contributed by atoms with Crippen LogP contribution in [-0.4, -0.2) is 18.4 Å². The number of rotatable bonds is 6. The van der Waals surface area contributed by atoms with Gasteiger partial charge >= 0.3 is 0 Å². The van der Waals surface area contributed by atoms with Crippen LogP contribution in [0.4, 0.5) is 5.69 Å². The molecule has 4 nitrogen and oxygen atoms in total. The van der Waals surface area contributed by atoms with Gasteiger partial charge in [0.15, 0.2) is 0 Å². The molecule has 1 aliphatic carbocycles. The average molecular weight is 274 g/mol. The Balaban J connectivity index is 2.06. The van der Waals surface area contributed by atoms with Gasteiger partial charge in [-0.05, 0) is 37.3 Å². The summed E-state index contributed by atoms with van der Waals surface area (Å²) in [5.41, 5.74) is 1.07. The molecule has 0 aromatic heterocycles. The summed E-state index contributed by atoms with van der Waals surface area (Å²) >= 11 is 0. The van der Waals surface area contributed by atoms with E-state index in [1.165, 1.54) is 0 Å². The minimum Gasteiger partial charge on any atom is -0.355 e. The number of benzene rings is 1. The van der Waals surface area contributed by atoms with E-state index < -0.39 is 5.41 Å². The third-order valence-electron chi connectivity index (χ3n) is 3.80. The Morgan fingerprint density at radius 1 is 1.15 bits per heavy atom. The molecule has 0 spiro atoms. The van der Waals surface area contributed by atoms with Gasteiger partial charge in [0.1, 0.15) is 5.41 Å². The third-order valence-corrected chi connectivity index (χ3v) is 3.80. The Bertz CT molecular complexity index is 507. The van der Waals surface area contributed by atoms with Gasteiger partial charge in [-0.2, -0.15) is 0 Å². The van der Waals surface area contributed by atoms with Crippen LogP contribution in [0, 0.1) is 5.41 Å². The van der Waals surface area contributed by atoms with Crippen molar-refractivity contribution in [3.63, 3.8) is 0 Å². The van der Waals surface area contributed by atoms with E-state index in [0.29, 0.717) is 19.4 Å². The summed E-state index contributed by atoms with van der Waals surface area (Å²) < 4.78 is 0. The fourth-order valence-corrected chi connectivity index (χ4v) is 2.28. The van der Waals surface area contributed by atoms with E-state index in [1.807, 2.05) is 38.1 Å². The molecule has 20 heavy (non-hydrogen) atoms. The second-order valence-electron chi connectivity index (χ2n) is 5.30. The van der Waals surface area contributed by atoms with Gasteiger partial charge in [0, 0.05) is 12.2 Å². The first-order valence-corrected chi connectivity index (χ1v) is 7.31. The molecule has 0 atom stereocenters. The maximum absolute atomic E-state index is 12.4. The first-order valence-electron chi connectivity index (χ1n) is 7.31. The molecule has 108 valence electrons. The molecule has 1 saturated carbocycles. The topological polar surface area (TPSA) is 58.2 Å². The van der Waals surface area contributed by atoms with Gasteiger partial charge in [-0.3, -0.25) is 9.59 Å². The van der Waals surface area contributed by atoms with Crippen LogP contribution in [0.3, 0.4) is 0 Å². The predicted octanol–water partition coefficient (Wildman–Crippen LogP) is 2.49. The second-order valence-corrected chi connectivity index (χ2v) is 5.30. The van der Waals surface area contributed by atoms with Crippen molar-refractivity contribution in [3.05, 3.63) is 29.8 Å². The zero-order chi connectivity index (χ0) is 14.6. The van der Waals surface area contributed by atoms with Crippen molar-refractivity contribution in [2.24, 2.45) is 5.41 Å². The standard InChI is InChI=1S/C16H22N2O2/c1-3-11-17-14(19)16(9-10-16)15(20)18-13-8-6-5-7-12(13)4-2/h5-8H,3-4,9-11H2,1-2H3,(H,17,19)(H,18,20). The van der Waals surface area contributed by atoms with Crippen molar-refractivity contribution in [3.8, 4) is 0 Å². The highest BCUT2D eigenvalue weighted by atomic mass is 16.2. The van der Waals surface area contributed by atoms with Gasteiger partial charge in [0.2, 0.25) is 11.8 Å². The largest absolute Gasteiger partial charge is 0.355 e. The first-order chi connectivity index (χ1) is 9.64. The minimum absolute atomic E-state index is 0.133. The van der Waals surface area contributed by atoms with Crippen LogP contribution in [0.1, 0.15) is 38.7 Å². The van der Waals surface area contributed by atoms with Gasteiger partial charge in [-0.15, -0.1) is 0 Å². The zero-order valence-corrected chi connectivity index (χ0v) is 12.2. The summed E-state index contributed by atoms with van der Waals surface area (Å²) in [4.78, 5) is 24.5. The van der Waals surface area contributed by atoms with E-state index in [-0.39, 0.29) is 11.8 Å². The molecule has 1 aromatic rings. The van der Waals surface area contributed by atoms with Crippen molar-refractivity contribution in [2.45, 2.75) is 39.5 Å². The van der Waals surface area contributed by atoms with Crippen LogP contribution < -0.4 is 10.6 Å². The van der Waals surface area contributed by atoms with E-state index in [0.717, 1.165) is 24.1 Å². The highest BCUT2D eigenvalue weighted by Gasteiger charge is 2.56. The predicted molar refractivity (Wildman–Crippen MR) is 79.4 cm³/mol. The van der Waals surface area contributed by atoms with E-state index in [2.05, 4.69) is 10.6 Å². The lowest BCUT2D eigenvalue weighted by atomic mass is 10.0. The smallest absolute Gasteiger partial charge is 0.240 e. The number of aryl methyl sites for hydroxylation is 1. The molecule has 0 bridgehead atoms. The zero-order valence-electron chi connectivity index (χ0n) is 12.2. The normalized spacial score (nSPS) is 15.5. The molecule has 4 heteroatoms. The highest BCUT2D eigenvalue weighted by Crippen LogP contribution is 2.47. The highest BCUT2D eigenvalue weighted by molar-refractivity contribution is 6.13. The summed E-state index contributed by atoms with van der Waals surface area (Å²) in [5, 5.41) is 5.75. The van der Waals surface area contributed by atoms with Gasteiger partial charge in [0.25, 0.3) is 0 Å². The summed E-state index contributed by atoms with van der Waals surface area (Å²) in [6.45, 7) is 4.67. The Morgan fingerprint density at radius 3 is 2.45 bits per heavy atom. The third kappa shape index (κ3) is 2.84. The Labute approximate surface area is 119 Å². The van der Waals surface area contributed by atoms with Crippen molar-refractivity contribution in [1.29, 1.82) is 0 Å². The number of amides is 2. The molecule has 0 heterocycles. The number of carbonyl (C=O) groups is 2. The number of para-hydroxylation sites is 1. The molecular formula is C16H22N2O2. The van der Waals surface area contributed by atoms with Crippen molar-refractivity contribution in [2.75, 3.05) is 11.9 Å². The quantitative estimate of drug-likeness (QED) is 0.783. The molecule has 0 unspecified atom stereocenters. The van der Waals surface area contributed by atoms with Crippen molar-refractivity contribution < 1.29 is 9.59 Å². The fourth-order valence-electron chi connectivity index (χ4n) is 2.28. The number of nitrogens with one attached hydrogen (secondary N) is 2. The Morgan fingerprint density at radius 2 is 1.85 bits per heavy atom. The SMILES string of the molecule is CCCNC(=O)C1(C(=O)Nc2ccccc2CC)CC1.